The van der Waals surface area contributed by atoms with Crippen molar-refractivity contribution in [1.82, 2.24) is 0 Å². The third-order valence-electron chi connectivity index (χ3n) is 3.22. The second-order valence-corrected chi connectivity index (χ2v) is 8.70. The number of carbonyl (C=O) groups excluding carboxylic acids is 1. The van der Waals surface area contributed by atoms with E-state index in [1.54, 1.807) is 18.2 Å². The predicted octanol–water partition coefficient (Wildman–Crippen LogP) is 5.11. The van der Waals surface area contributed by atoms with Gasteiger partial charge in [0.2, 0.25) is 5.24 Å². The van der Waals surface area contributed by atoms with Gasteiger partial charge in [-0.2, -0.15) is 0 Å². The zero-order valence-electron chi connectivity index (χ0n) is 12.2. The molecule has 0 amide bonds. The second kappa shape index (κ2) is 7.62. The Bertz CT molecular complexity index is 872. The Morgan fingerprint density at radius 3 is 2.25 bits per heavy atom. The van der Waals surface area contributed by atoms with Gasteiger partial charge in [-0.3, -0.25) is 9.10 Å². The summed E-state index contributed by atoms with van der Waals surface area (Å²) in [6, 6.07) is 9.34. The molecule has 0 aliphatic heterocycles. The molecule has 0 radical (unpaired) electrons. The van der Waals surface area contributed by atoms with E-state index in [2.05, 4.69) is 15.9 Å². The highest BCUT2D eigenvalue weighted by Crippen LogP contribution is 2.37. The monoisotopic (exact) mass is 469 g/mol. The number of hydrogen-bond donors (Lipinski definition) is 0. The average molecular weight is 472 g/mol. The number of benzene rings is 2. The normalized spacial score (nSPS) is 12.7. The second-order valence-electron chi connectivity index (χ2n) is 4.81. The SMILES string of the molecule is CC(C(=O)Cl)N(c1cccc(Cl)c1Cl)S(=O)(=O)c1ccc(Br)cc1. The van der Waals surface area contributed by atoms with Crippen molar-refractivity contribution in [2.45, 2.75) is 17.9 Å². The molecule has 0 aromatic heterocycles. The van der Waals surface area contributed by atoms with Crippen LogP contribution < -0.4 is 4.31 Å². The molecule has 1 atom stereocenters. The van der Waals surface area contributed by atoms with Crippen LogP contribution in [0.1, 0.15) is 6.92 Å². The van der Waals surface area contributed by atoms with Crippen molar-refractivity contribution in [1.29, 1.82) is 0 Å². The minimum atomic E-state index is -4.09. The topological polar surface area (TPSA) is 54.5 Å². The van der Waals surface area contributed by atoms with Crippen LogP contribution in [0.4, 0.5) is 5.69 Å². The average Bonchev–Trinajstić information content (AvgIpc) is 2.51. The highest BCUT2D eigenvalue weighted by molar-refractivity contribution is 9.10. The first-order valence-corrected chi connectivity index (χ1v) is 9.96. The van der Waals surface area contributed by atoms with Gasteiger partial charge < -0.3 is 0 Å². The highest BCUT2D eigenvalue weighted by atomic mass is 79.9. The number of nitrogens with zero attached hydrogens (tertiary/aromatic N) is 1. The number of anilines is 1. The Morgan fingerprint density at radius 1 is 1.12 bits per heavy atom. The van der Waals surface area contributed by atoms with Gasteiger partial charge in [-0.15, -0.1) is 0 Å². The van der Waals surface area contributed by atoms with Crippen molar-refractivity contribution >= 4 is 71.7 Å². The third kappa shape index (κ3) is 3.89. The summed E-state index contributed by atoms with van der Waals surface area (Å²) in [6.45, 7) is 1.38. The molecule has 9 heteroatoms. The van der Waals surface area contributed by atoms with E-state index in [0.29, 0.717) is 0 Å². The fourth-order valence-corrected chi connectivity index (χ4v) is 4.51. The summed E-state index contributed by atoms with van der Waals surface area (Å²) >= 11 is 20.9. The Hall–Kier alpha value is -0.790. The largest absolute Gasteiger partial charge is 0.279 e. The quantitative estimate of drug-likeness (QED) is 0.570. The highest BCUT2D eigenvalue weighted by Gasteiger charge is 2.34. The summed E-state index contributed by atoms with van der Waals surface area (Å²) in [7, 11) is -4.09. The Morgan fingerprint density at radius 2 is 1.71 bits per heavy atom. The summed E-state index contributed by atoms with van der Waals surface area (Å²) < 4.78 is 27.7. The number of halogens is 4. The molecule has 0 aliphatic carbocycles. The van der Waals surface area contributed by atoms with Crippen LogP contribution in [0, 0.1) is 0 Å². The Kier molecular flexibility index (Phi) is 6.20. The van der Waals surface area contributed by atoms with E-state index in [1.807, 2.05) is 0 Å². The molecule has 0 spiro atoms. The fourth-order valence-electron chi connectivity index (χ4n) is 2.02. The van der Waals surface area contributed by atoms with E-state index < -0.39 is 21.3 Å². The van der Waals surface area contributed by atoms with Crippen LogP contribution in [0.3, 0.4) is 0 Å². The van der Waals surface area contributed by atoms with E-state index in [-0.39, 0.29) is 20.6 Å². The lowest BCUT2D eigenvalue weighted by molar-refractivity contribution is -0.112. The standard InChI is InChI=1S/C15H11BrCl3NO3S/c1-9(15(19)21)20(13-4-2-3-12(17)14(13)18)24(22,23)11-7-5-10(16)6-8-11/h2-9H,1H3. The van der Waals surface area contributed by atoms with E-state index in [0.717, 1.165) is 8.78 Å². The van der Waals surface area contributed by atoms with Crippen LogP contribution in [0.15, 0.2) is 51.8 Å². The van der Waals surface area contributed by atoms with Crippen molar-refractivity contribution in [2.24, 2.45) is 0 Å². The van der Waals surface area contributed by atoms with Gasteiger partial charge in [0.25, 0.3) is 10.0 Å². The number of sulfonamides is 1. The fraction of sp³-hybridized carbons (Fsp3) is 0.133. The van der Waals surface area contributed by atoms with Gasteiger partial charge in [-0.1, -0.05) is 45.2 Å². The maximum absolute atomic E-state index is 13.1. The molecule has 24 heavy (non-hydrogen) atoms. The van der Waals surface area contributed by atoms with Crippen molar-refractivity contribution in [3.8, 4) is 0 Å². The maximum atomic E-state index is 13.1. The lowest BCUT2D eigenvalue weighted by Crippen LogP contribution is -2.42. The molecule has 2 aromatic carbocycles. The molecule has 2 rings (SSSR count). The zero-order valence-corrected chi connectivity index (χ0v) is 16.9. The molecule has 0 fully saturated rings. The molecule has 0 N–H and O–H groups in total. The van der Waals surface area contributed by atoms with Crippen molar-refractivity contribution in [2.75, 3.05) is 4.31 Å². The molecule has 4 nitrogen and oxygen atoms in total. The van der Waals surface area contributed by atoms with E-state index >= 15 is 0 Å². The smallest absolute Gasteiger partial charge is 0.265 e. The molecule has 0 saturated heterocycles. The molecular weight excluding hydrogens is 460 g/mol. The van der Waals surface area contributed by atoms with Crippen molar-refractivity contribution < 1.29 is 13.2 Å². The molecule has 128 valence electrons. The van der Waals surface area contributed by atoms with Crippen LogP contribution in [-0.2, 0) is 14.8 Å². The van der Waals surface area contributed by atoms with Gasteiger partial charge in [-0.25, -0.2) is 8.42 Å². The molecule has 0 heterocycles. The van der Waals surface area contributed by atoms with E-state index in [1.165, 1.54) is 31.2 Å². The van der Waals surface area contributed by atoms with Crippen LogP contribution in [0.2, 0.25) is 10.0 Å². The minimum absolute atomic E-state index is 0.00786. The molecule has 0 saturated carbocycles. The number of hydrogen-bond acceptors (Lipinski definition) is 3. The lowest BCUT2D eigenvalue weighted by Gasteiger charge is -2.29. The van der Waals surface area contributed by atoms with Crippen molar-refractivity contribution in [3.05, 3.63) is 57.0 Å². The predicted molar refractivity (Wildman–Crippen MR) is 101 cm³/mol. The summed E-state index contributed by atoms with van der Waals surface area (Å²) in [6.07, 6.45) is 0. The van der Waals surface area contributed by atoms with Crippen LogP contribution in [0.25, 0.3) is 0 Å². The number of rotatable bonds is 5. The first-order valence-electron chi connectivity index (χ1n) is 6.59. The van der Waals surface area contributed by atoms with E-state index in [9.17, 15) is 13.2 Å². The van der Waals surface area contributed by atoms with Crippen LogP contribution in [0.5, 0.6) is 0 Å². The molecule has 1 unspecified atom stereocenters. The van der Waals surface area contributed by atoms with Gasteiger partial charge in [0, 0.05) is 4.47 Å². The Balaban J connectivity index is 2.69. The molecule has 0 bridgehead atoms. The van der Waals surface area contributed by atoms with E-state index in [4.69, 9.17) is 34.8 Å². The van der Waals surface area contributed by atoms with Crippen molar-refractivity contribution in [3.63, 3.8) is 0 Å². The lowest BCUT2D eigenvalue weighted by atomic mass is 10.3. The third-order valence-corrected chi connectivity index (χ3v) is 6.77. The van der Waals surface area contributed by atoms with Crippen LogP contribution >= 0.6 is 50.7 Å². The van der Waals surface area contributed by atoms with Gasteiger partial charge >= 0.3 is 0 Å². The molecule has 2 aromatic rings. The number of carbonyl (C=O) groups is 1. The minimum Gasteiger partial charge on any atom is -0.279 e. The molecule has 0 aliphatic rings. The summed E-state index contributed by atoms with van der Waals surface area (Å²) in [4.78, 5) is 11.7. The van der Waals surface area contributed by atoms with Gasteiger partial charge in [-0.05, 0) is 54.9 Å². The summed E-state index contributed by atoms with van der Waals surface area (Å²) in [5, 5.41) is -0.657. The van der Waals surface area contributed by atoms with Gasteiger partial charge in [0.05, 0.1) is 20.6 Å². The van der Waals surface area contributed by atoms with Gasteiger partial charge in [0.15, 0.2) is 0 Å². The maximum Gasteiger partial charge on any atom is 0.265 e. The van der Waals surface area contributed by atoms with Gasteiger partial charge in [0.1, 0.15) is 6.04 Å². The summed E-state index contributed by atoms with van der Waals surface area (Å²) in [5.41, 5.74) is 0.0774. The zero-order chi connectivity index (χ0) is 18.1. The van der Waals surface area contributed by atoms with Crippen LogP contribution in [-0.4, -0.2) is 19.7 Å². The summed E-state index contributed by atoms with van der Waals surface area (Å²) in [5.74, 6) is 0. The Labute approximate surface area is 163 Å². The molecular formula is C15H11BrCl3NO3S. The first kappa shape index (κ1) is 19.5. The first-order chi connectivity index (χ1) is 11.2.